The third-order valence-electron chi connectivity index (χ3n) is 5.77. The van der Waals surface area contributed by atoms with Crippen molar-refractivity contribution in [3.63, 3.8) is 0 Å². The van der Waals surface area contributed by atoms with Gasteiger partial charge in [0.2, 0.25) is 0 Å². The maximum atomic E-state index is 12.4. The monoisotopic (exact) mass is 398 g/mol. The van der Waals surface area contributed by atoms with Crippen molar-refractivity contribution < 1.29 is 4.79 Å². The number of benzene rings is 2. The molecule has 4 rings (SSSR count). The van der Waals surface area contributed by atoms with Crippen LogP contribution in [0.4, 0.5) is 0 Å². The van der Waals surface area contributed by atoms with Crippen LogP contribution in [0.25, 0.3) is 0 Å². The highest BCUT2D eigenvalue weighted by Crippen LogP contribution is 2.26. The summed E-state index contributed by atoms with van der Waals surface area (Å²) in [7, 11) is 0. The van der Waals surface area contributed by atoms with E-state index in [0.717, 1.165) is 42.9 Å². The maximum Gasteiger partial charge on any atom is 0.251 e. The number of rotatable bonds is 4. The number of nitrogens with zero attached hydrogens (tertiary/aromatic N) is 1. The van der Waals surface area contributed by atoms with E-state index in [0.29, 0.717) is 12.2 Å². The largest absolute Gasteiger partial charge is 0.349 e. The van der Waals surface area contributed by atoms with Gasteiger partial charge in [-0.15, -0.1) is 0 Å². The number of carbonyl (C=O) groups is 1. The molecule has 2 heterocycles. The molecule has 2 aliphatic heterocycles. The zero-order chi connectivity index (χ0) is 19.5. The zero-order valence-electron chi connectivity index (χ0n) is 16.1. The Bertz CT molecular complexity index is 800. The number of carbonyl (C=O) groups excluding carboxylic acids is 1. The summed E-state index contributed by atoms with van der Waals surface area (Å²) in [5, 5.41) is 3.96. The van der Waals surface area contributed by atoms with Crippen LogP contribution in [-0.2, 0) is 0 Å². The number of nitrogens with one attached hydrogen (secondary N) is 3. The highest BCUT2D eigenvalue weighted by molar-refractivity contribution is 6.30. The average molecular weight is 399 g/mol. The fourth-order valence-electron chi connectivity index (χ4n) is 4.02. The van der Waals surface area contributed by atoms with Crippen LogP contribution in [0.1, 0.15) is 46.8 Å². The summed E-state index contributed by atoms with van der Waals surface area (Å²) in [4.78, 5) is 14.9. The average Bonchev–Trinajstić information content (AvgIpc) is 3.20. The van der Waals surface area contributed by atoms with Gasteiger partial charge in [0.1, 0.15) is 0 Å². The molecule has 6 heteroatoms. The van der Waals surface area contributed by atoms with Crippen molar-refractivity contribution in [3.8, 4) is 0 Å². The molecule has 0 aromatic heterocycles. The van der Waals surface area contributed by atoms with Crippen LogP contribution in [0.5, 0.6) is 0 Å². The first-order valence-corrected chi connectivity index (χ1v) is 10.3. The minimum Gasteiger partial charge on any atom is -0.349 e. The molecule has 1 amide bonds. The molecule has 0 spiro atoms. The van der Waals surface area contributed by atoms with Gasteiger partial charge in [0.25, 0.3) is 5.91 Å². The minimum atomic E-state index is 0.0295. The SMILES string of the molecule is Cc1ccc(C(=O)NC2CCN(C3CC(c4ccc(Cl)cc4)NN3)CC2)cc1. The molecule has 5 nitrogen and oxygen atoms in total. The summed E-state index contributed by atoms with van der Waals surface area (Å²) in [5.74, 6) is 0.0295. The smallest absolute Gasteiger partial charge is 0.251 e. The third-order valence-corrected chi connectivity index (χ3v) is 6.03. The summed E-state index contributed by atoms with van der Waals surface area (Å²) >= 11 is 5.99. The summed E-state index contributed by atoms with van der Waals surface area (Å²) < 4.78 is 0. The Morgan fingerprint density at radius 1 is 1.04 bits per heavy atom. The molecule has 0 aliphatic carbocycles. The lowest BCUT2D eigenvalue weighted by Crippen LogP contribution is -2.51. The van der Waals surface area contributed by atoms with Crippen LogP contribution in [-0.4, -0.2) is 36.1 Å². The van der Waals surface area contributed by atoms with Crippen LogP contribution in [0.15, 0.2) is 48.5 Å². The van der Waals surface area contributed by atoms with E-state index >= 15 is 0 Å². The standard InChI is InChI=1S/C22H27ClN4O/c1-15-2-4-17(5-3-15)22(28)24-19-10-12-27(13-11-19)21-14-20(25-26-21)16-6-8-18(23)9-7-16/h2-9,19-21,25-26H,10-14H2,1H3,(H,24,28). The van der Waals surface area contributed by atoms with E-state index in [4.69, 9.17) is 11.6 Å². The van der Waals surface area contributed by atoms with Crippen molar-refractivity contribution in [2.75, 3.05) is 13.1 Å². The Kier molecular flexibility index (Phi) is 5.97. The van der Waals surface area contributed by atoms with Crippen molar-refractivity contribution in [1.29, 1.82) is 0 Å². The van der Waals surface area contributed by atoms with Crippen molar-refractivity contribution in [2.24, 2.45) is 0 Å². The first-order chi connectivity index (χ1) is 13.6. The lowest BCUT2D eigenvalue weighted by Gasteiger charge is -2.35. The van der Waals surface area contributed by atoms with Crippen LogP contribution >= 0.6 is 11.6 Å². The van der Waals surface area contributed by atoms with Crippen LogP contribution < -0.4 is 16.2 Å². The second-order valence-electron chi connectivity index (χ2n) is 7.79. The summed E-state index contributed by atoms with van der Waals surface area (Å²) in [6.45, 7) is 3.98. The summed E-state index contributed by atoms with van der Waals surface area (Å²) in [5.41, 5.74) is 9.99. The topological polar surface area (TPSA) is 56.4 Å². The van der Waals surface area contributed by atoms with Gasteiger partial charge >= 0.3 is 0 Å². The van der Waals surface area contributed by atoms with Gasteiger partial charge in [-0.3, -0.25) is 9.69 Å². The number of likely N-dealkylation sites (tertiary alicyclic amines) is 1. The van der Waals surface area contributed by atoms with Crippen LogP contribution in [0.2, 0.25) is 5.02 Å². The van der Waals surface area contributed by atoms with Gasteiger partial charge in [0, 0.05) is 35.8 Å². The Balaban J connectivity index is 1.26. The van der Waals surface area contributed by atoms with Crippen molar-refractivity contribution in [1.82, 2.24) is 21.1 Å². The molecule has 2 aliphatic rings. The van der Waals surface area contributed by atoms with Gasteiger partial charge in [0.05, 0.1) is 6.17 Å². The fraction of sp³-hybridized carbons (Fsp3) is 0.409. The first kappa shape index (κ1) is 19.4. The van der Waals surface area contributed by atoms with Crippen LogP contribution in [0.3, 0.4) is 0 Å². The quantitative estimate of drug-likeness (QED) is 0.738. The molecular formula is C22H27ClN4O. The van der Waals surface area contributed by atoms with Crippen LogP contribution in [0, 0.1) is 6.92 Å². The highest BCUT2D eigenvalue weighted by atomic mass is 35.5. The van der Waals surface area contributed by atoms with E-state index in [1.807, 2.05) is 43.3 Å². The van der Waals surface area contributed by atoms with Gasteiger partial charge in [-0.1, -0.05) is 41.4 Å². The van der Waals surface area contributed by atoms with E-state index in [-0.39, 0.29) is 11.9 Å². The van der Waals surface area contributed by atoms with Gasteiger partial charge in [0.15, 0.2) is 0 Å². The number of amides is 1. The predicted octanol–water partition coefficient (Wildman–Crippen LogP) is 3.41. The maximum absolute atomic E-state index is 12.4. The number of hydrogen-bond donors (Lipinski definition) is 3. The molecule has 148 valence electrons. The number of aryl methyl sites for hydroxylation is 1. The summed E-state index contributed by atoms with van der Waals surface area (Å²) in [6.07, 6.45) is 3.28. The van der Waals surface area contributed by atoms with Gasteiger partial charge < -0.3 is 5.32 Å². The molecule has 2 aromatic carbocycles. The molecule has 2 atom stereocenters. The zero-order valence-corrected chi connectivity index (χ0v) is 16.9. The van der Waals surface area contributed by atoms with E-state index in [1.165, 1.54) is 11.1 Å². The van der Waals surface area contributed by atoms with Crippen molar-refractivity contribution in [3.05, 3.63) is 70.2 Å². The number of hydrogen-bond acceptors (Lipinski definition) is 4. The van der Waals surface area contributed by atoms with Gasteiger partial charge in [-0.05, 0) is 56.0 Å². The highest BCUT2D eigenvalue weighted by Gasteiger charge is 2.32. The van der Waals surface area contributed by atoms with E-state index in [1.54, 1.807) is 0 Å². The molecule has 3 N–H and O–H groups in total. The second-order valence-corrected chi connectivity index (χ2v) is 8.23. The Morgan fingerprint density at radius 3 is 2.39 bits per heavy atom. The molecular weight excluding hydrogens is 372 g/mol. The van der Waals surface area contributed by atoms with Crippen molar-refractivity contribution >= 4 is 17.5 Å². The van der Waals surface area contributed by atoms with Gasteiger partial charge in [-0.25, -0.2) is 10.9 Å². The Hall–Kier alpha value is -1.92. The molecule has 28 heavy (non-hydrogen) atoms. The third kappa shape index (κ3) is 4.55. The van der Waals surface area contributed by atoms with Gasteiger partial charge in [-0.2, -0.15) is 0 Å². The number of piperidine rings is 1. The predicted molar refractivity (Wildman–Crippen MR) is 112 cm³/mol. The fourth-order valence-corrected chi connectivity index (χ4v) is 4.15. The number of halogens is 1. The Labute approximate surface area is 171 Å². The molecule has 2 fully saturated rings. The molecule has 0 saturated carbocycles. The Morgan fingerprint density at radius 2 is 1.71 bits per heavy atom. The molecule has 0 radical (unpaired) electrons. The minimum absolute atomic E-state index is 0.0295. The normalized spacial score (nSPS) is 23.6. The first-order valence-electron chi connectivity index (χ1n) is 9.96. The van der Waals surface area contributed by atoms with E-state index < -0.39 is 0 Å². The molecule has 0 bridgehead atoms. The second kappa shape index (κ2) is 8.62. The van der Waals surface area contributed by atoms with E-state index in [2.05, 4.69) is 33.2 Å². The molecule has 2 unspecified atom stereocenters. The van der Waals surface area contributed by atoms with Crippen molar-refractivity contribution in [2.45, 2.75) is 44.4 Å². The lowest BCUT2D eigenvalue weighted by atomic mass is 10.0. The summed E-state index contributed by atoms with van der Waals surface area (Å²) in [6, 6.07) is 16.3. The van der Waals surface area contributed by atoms with E-state index in [9.17, 15) is 4.79 Å². The molecule has 2 saturated heterocycles. The molecule has 2 aromatic rings. The number of hydrazine groups is 1. The lowest BCUT2D eigenvalue weighted by molar-refractivity contribution is 0.0880.